The number of nitrogens with two attached hydrogens (primary N) is 1. The molecule has 0 radical (unpaired) electrons. The van der Waals surface area contributed by atoms with E-state index in [1.807, 2.05) is 24.1 Å². The summed E-state index contributed by atoms with van der Waals surface area (Å²) in [4.78, 5) is 22.4. The number of amides is 1. The molecule has 2 saturated heterocycles. The quantitative estimate of drug-likeness (QED) is 0.760. The Morgan fingerprint density at radius 1 is 1.18 bits per heavy atom. The number of fused-ring (bicyclic) bond motifs is 1. The van der Waals surface area contributed by atoms with E-state index in [-0.39, 0.29) is 30.8 Å². The van der Waals surface area contributed by atoms with E-state index in [4.69, 9.17) is 15.8 Å². The summed E-state index contributed by atoms with van der Waals surface area (Å²) in [5, 5.41) is 4.78. The maximum absolute atomic E-state index is 14.3. The van der Waals surface area contributed by atoms with Gasteiger partial charge in [-0.3, -0.25) is 4.79 Å². The molecule has 0 spiro atoms. The van der Waals surface area contributed by atoms with Crippen LogP contribution in [0, 0.1) is 18.8 Å². The number of halogens is 2. The first-order valence-electron chi connectivity index (χ1n) is 12.3. The minimum atomic E-state index is -1.27. The highest BCUT2D eigenvalue weighted by Crippen LogP contribution is 2.39. The maximum Gasteiger partial charge on any atom is 0.226 e. The Bertz CT molecular complexity index is 1030. The van der Waals surface area contributed by atoms with Gasteiger partial charge in [0.2, 0.25) is 5.91 Å². The predicted octanol–water partition coefficient (Wildman–Crippen LogP) is 3.35. The van der Waals surface area contributed by atoms with Crippen molar-refractivity contribution in [2.24, 2.45) is 17.6 Å². The van der Waals surface area contributed by atoms with Crippen LogP contribution in [0.1, 0.15) is 62.7 Å². The second-order valence-electron chi connectivity index (χ2n) is 10.2. The van der Waals surface area contributed by atoms with E-state index < -0.39 is 24.2 Å². The lowest BCUT2D eigenvalue weighted by molar-refractivity contribution is -0.145. The number of piperidine rings is 1. The molecule has 3 aliphatic rings. The van der Waals surface area contributed by atoms with Crippen LogP contribution < -0.4 is 10.6 Å². The van der Waals surface area contributed by atoms with E-state index >= 15 is 0 Å². The van der Waals surface area contributed by atoms with Crippen molar-refractivity contribution in [3.05, 3.63) is 23.5 Å². The molecule has 1 amide bonds. The molecule has 5 rings (SSSR count). The number of carbonyl (C=O) groups is 1. The Hall–Kier alpha value is -2.29. The molecule has 4 heterocycles. The second kappa shape index (κ2) is 8.81. The molecule has 6 unspecified atom stereocenters. The second-order valence-corrected chi connectivity index (χ2v) is 10.2. The van der Waals surface area contributed by atoms with E-state index in [1.54, 1.807) is 11.4 Å². The van der Waals surface area contributed by atoms with Crippen LogP contribution in [0.4, 0.5) is 14.6 Å². The molecule has 180 valence electrons. The van der Waals surface area contributed by atoms with Crippen LogP contribution in [0.3, 0.4) is 0 Å². The number of aryl methyl sites for hydroxylation is 1. The Morgan fingerprint density at radius 3 is 2.76 bits per heavy atom. The topological polar surface area (TPSA) is 79.8 Å². The molecular formula is C24H34F2N6O. The van der Waals surface area contributed by atoms with Gasteiger partial charge in [-0.05, 0) is 44.9 Å². The fourth-order valence-corrected chi connectivity index (χ4v) is 5.82. The van der Waals surface area contributed by atoms with Crippen molar-refractivity contribution in [2.75, 3.05) is 24.5 Å². The number of rotatable bonds is 3. The number of nitrogens with zero attached hydrogens (tertiary/aromatic N) is 5. The first kappa shape index (κ1) is 22.5. The van der Waals surface area contributed by atoms with Crippen LogP contribution in [-0.4, -0.2) is 63.4 Å². The minimum absolute atomic E-state index is 0.101. The van der Waals surface area contributed by atoms with Crippen molar-refractivity contribution in [3.63, 3.8) is 0 Å². The first-order chi connectivity index (χ1) is 15.8. The third kappa shape index (κ3) is 4.20. The summed E-state index contributed by atoms with van der Waals surface area (Å²) in [7, 11) is 0. The summed E-state index contributed by atoms with van der Waals surface area (Å²) in [6.45, 7) is 6.04. The molecule has 33 heavy (non-hydrogen) atoms. The van der Waals surface area contributed by atoms with E-state index in [1.165, 1.54) is 0 Å². The van der Waals surface area contributed by atoms with E-state index in [0.717, 1.165) is 61.5 Å². The third-order valence-corrected chi connectivity index (χ3v) is 7.79. The molecule has 0 aromatic carbocycles. The SMILES string of the molecule is Cc1cn2nc(C3CCCCN3C(=O)C3CC(F)CC(F)C3C)cc2nc1N1CCC(N)C1. The van der Waals surface area contributed by atoms with Gasteiger partial charge < -0.3 is 15.5 Å². The Morgan fingerprint density at radius 2 is 2.00 bits per heavy atom. The zero-order valence-electron chi connectivity index (χ0n) is 19.5. The van der Waals surface area contributed by atoms with Crippen LogP contribution in [0.5, 0.6) is 0 Å². The summed E-state index contributed by atoms with van der Waals surface area (Å²) in [6.07, 6.45) is 3.08. The lowest BCUT2D eigenvalue weighted by Gasteiger charge is -2.40. The van der Waals surface area contributed by atoms with Gasteiger partial charge in [-0.25, -0.2) is 18.3 Å². The van der Waals surface area contributed by atoms with Gasteiger partial charge in [-0.15, -0.1) is 0 Å². The van der Waals surface area contributed by atoms with Crippen LogP contribution in [0.15, 0.2) is 12.3 Å². The molecule has 7 nitrogen and oxygen atoms in total. The lowest BCUT2D eigenvalue weighted by atomic mass is 9.77. The number of aromatic nitrogens is 3. The zero-order valence-corrected chi connectivity index (χ0v) is 19.5. The summed E-state index contributed by atoms with van der Waals surface area (Å²) in [5.41, 5.74) is 8.65. The van der Waals surface area contributed by atoms with Crippen LogP contribution >= 0.6 is 0 Å². The Kier molecular flexibility index (Phi) is 6.01. The van der Waals surface area contributed by atoms with Crippen LogP contribution in [-0.2, 0) is 4.79 Å². The van der Waals surface area contributed by atoms with Crippen molar-refractivity contribution < 1.29 is 13.6 Å². The van der Waals surface area contributed by atoms with Crippen LogP contribution in [0.2, 0.25) is 0 Å². The van der Waals surface area contributed by atoms with Gasteiger partial charge >= 0.3 is 0 Å². The Labute approximate surface area is 193 Å². The molecule has 3 fully saturated rings. The number of likely N-dealkylation sites (tertiary alicyclic amines) is 1. The van der Waals surface area contributed by atoms with E-state index in [0.29, 0.717) is 6.54 Å². The minimum Gasteiger partial charge on any atom is -0.355 e. The molecule has 1 saturated carbocycles. The fourth-order valence-electron chi connectivity index (χ4n) is 5.82. The summed E-state index contributed by atoms with van der Waals surface area (Å²) in [6, 6.07) is 1.93. The van der Waals surface area contributed by atoms with Crippen molar-refractivity contribution >= 4 is 17.4 Å². The molecular weight excluding hydrogens is 426 g/mol. The Balaban J connectivity index is 1.43. The monoisotopic (exact) mass is 460 g/mol. The highest BCUT2D eigenvalue weighted by molar-refractivity contribution is 5.80. The number of hydrogen-bond acceptors (Lipinski definition) is 5. The van der Waals surface area contributed by atoms with Crippen molar-refractivity contribution in [2.45, 2.75) is 76.8 Å². The maximum atomic E-state index is 14.3. The van der Waals surface area contributed by atoms with Crippen molar-refractivity contribution in [1.82, 2.24) is 19.5 Å². The highest BCUT2D eigenvalue weighted by atomic mass is 19.1. The van der Waals surface area contributed by atoms with Gasteiger partial charge in [0.1, 0.15) is 18.2 Å². The third-order valence-electron chi connectivity index (χ3n) is 7.79. The summed E-state index contributed by atoms with van der Waals surface area (Å²) >= 11 is 0. The average molecular weight is 461 g/mol. The normalized spacial score (nSPS) is 33.1. The molecule has 2 aromatic rings. The largest absolute Gasteiger partial charge is 0.355 e. The van der Waals surface area contributed by atoms with Crippen molar-refractivity contribution in [1.29, 1.82) is 0 Å². The van der Waals surface area contributed by atoms with Gasteiger partial charge in [0.25, 0.3) is 0 Å². The highest BCUT2D eigenvalue weighted by Gasteiger charge is 2.43. The van der Waals surface area contributed by atoms with Gasteiger partial charge in [0.05, 0.1) is 11.7 Å². The fraction of sp³-hybridized carbons (Fsp3) is 0.708. The molecule has 1 aliphatic carbocycles. The number of carbonyl (C=O) groups excluding carboxylic acids is 1. The number of hydrogen-bond donors (Lipinski definition) is 1. The number of anilines is 1. The predicted molar refractivity (Wildman–Crippen MR) is 123 cm³/mol. The molecule has 9 heteroatoms. The summed E-state index contributed by atoms with van der Waals surface area (Å²) < 4.78 is 30.2. The molecule has 0 bridgehead atoms. The van der Waals surface area contributed by atoms with Crippen LogP contribution in [0.25, 0.3) is 5.65 Å². The summed E-state index contributed by atoms with van der Waals surface area (Å²) in [5.74, 6) is -0.290. The standard InChI is InChI=1S/C24H34F2N6O/c1-14-12-32-22(28-23(14)30-8-6-17(27)13-30)11-20(29-32)21-5-3-4-7-31(21)24(33)18-9-16(25)10-19(26)15(18)2/h11-12,15-19,21H,3-10,13,27H2,1-2H3. The molecule has 6 atom stereocenters. The lowest BCUT2D eigenvalue weighted by Crippen LogP contribution is -2.47. The van der Waals surface area contributed by atoms with Gasteiger partial charge in [0, 0.05) is 55.8 Å². The van der Waals surface area contributed by atoms with Crippen molar-refractivity contribution in [3.8, 4) is 0 Å². The number of alkyl halides is 2. The zero-order chi connectivity index (χ0) is 23.3. The molecule has 2 aliphatic heterocycles. The van der Waals surface area contributed by atoms with Gasteiger partial charge in [-0.1, -0.05) is 6.92 Å². The van der Waals surface area contributed by atoms with E-state index in [9.17, 15) is 13.6 Å². The van der Waals surface area contributed by atoms with Gasteiger partial charge in [-0.2, -0.15) is 5.10 Å². The average Bonchev–Trinajstić information content (AvgIpc) is 3.40. The molecule has 2 aromatic heterocycles. The first-order valence-corrected chi connectivity index (χ1v) is 12.3. The molecule has 2 N–H and O–H groups in total. The smallest absolute Gasteiger partial charge is 0.226 e. The van der Waals surface area contributed by atoms with E-state index in [2.05, 4.69) is 4.90 Å². The van der Waals surface area contributed by atoms with Gasteiger partial charge in [0.15, 0.2) is 5.65 Å².